The van der Waals surface area contributed by atoms with E-state index in [0.29, 0.717) is 0 Å². The van der Waals surface area contributed by atoms with Crippen LogP contribution < -0.4 is 10.5 Å². The first-order valence-corrected chi connectivity index (χ1v) is 9.06. The van der Waals surface area contributed by atoms with Crippen LogP contribution in [0.3, 0.4) is 0 Å². The molecule has 4 heteroatoms. The number of hydrogen-bond donors (Lipinski definition) is 1. The summed E-state index contributed by atoms with van der Waals surface area (Å²) in [6.07, 6.45) is 8.63. The molecule has 0 saturated heterocycles. The van der Waals surface area contributed by atoms with E-state index in [-0.39, 0.29) is 11.3 Å². The van der Waals surface area contributed by atoms with Crippen LogP contribution in [0.4, 0.5) is 0 Å². The summed E-state index contributed by atoms with van der Waals surface area (Å²) in [6, 6.07) is 9.52. The number of fused-ring (bicyclic) bond motifs is 1. The van der Waals surface area contributed by atoms with Crippen molar-refractivity contribution in [2.75, 3.05) is 0 Å². The molecule has 0 aliphatic heterocycles. The molecule has 25 heavy (non-hydrogen) atoms. The zero-order chi connectivity index (χ0) is 18.2. The maximum absolute atomic E-state index is 11.8. The lowest BCUT2D eigenvalue weighted by Crippen LogP contribution is -2.15. The summed E-state index contributed by atoms with van der Waals surface area (Å²) in [5.41, 5.74) is 7.01. The van der Waals surface area contributed by atoms with Crippen LogP contribution in [0.2, 0.25) is 0 Å². The predicted molar refractivity (Wildman–Crippen MR) is 101 cm³/mol. The van der Waals surface area contributed by atoms with Gasteiger partial charge in [-0.05, 0) is 35.2 Å². The van der Waals surface area contributed by atoms with E-state index in [1.807, 2.05) is 18.2 Å². The standard InChI is InChI=1S/C21H27NO3/c1-3-4-5-6-7-8-9-16-10-12-18-17(14-16)11-13-19(25-15(2)23)20(18)21(22)24/h10-14H,3-9H2,1-2H3,(H2,22,24). The van der Waals surface area contributed by atoms with Gasteiger partial charge in [-0.1, -0.05) is 63.3 Å². The highest BCUT2D eigenvalue weighted by Gasteiger charge is 2.15. The topological polar surface area (TPSA) is 69.4 Å². The minimum atomic E-state index is -0.592. The van der Waals surface area contributed by atoms with Gasteiger partial charge >= 0.3 is 5.97 Å². The Bertz CT molecular complexity index is 752. The first kappa shape index (κ1) is 19.0. The summed E-state index contributed by atoms with van der Waals surface area (Å²) >= 11 is 0. The lowest BCUT2D eigenvalue weighted by molar-refractivity contribution is -0.131. The van der Waals surface area contributed by atoms with Crippen LogP contribution >= 0.6 is 0 Å². The van der Waals surface area contributed by atoms with Crippen molar-refractivity contribution in [2.45, 2.75) is 58.8 Å². The van der Waals surface area contributed by atoms with Crippen LogP contribution in [0.15, 0.2) is 30.3 Å². The fourth-order valence-electron chi connectivity index (χ4n) is 3.12. The van der Waals surface area contributed by atoms with Crippen LogP contribution in [-0.2, 0) is 11.2 Å². The Labute approximate surface area is 149 Å². The number of ether oxygens (including phenoxy) is 1. The van der Waals surface area contributed by atoms with Gasteiger partial charge in [0.25, 0.3) is 5.91 Å². The minimum Gasteiger partial charge on any atom is -0.426 e. The number of aryl methyl sites for hydroxylation is 1. The van der Waals surface area contributed by atoms with E-state index in [4.69, 9.17) is 10.5 Å². The Kier molecular flexibility index (Phi) is 6.99. The number of carbonyl (C=O) groups excluding carboxylic acids is 2. The van der Waals surface area contributed by atoms with Crippen molar-refractivity contribution in [3.8, 4) is 5.75 Å². The molecular weight excluding hydrogens is 314 g/mol. The quantitative estimate of drug-likeness (QED) is 0.406. The van der Waals surface area contributed by atoms with Gasteiger partial charge in [0.2, 0.25) is 0 Å². The number of nitrogens with two attached hydrogens (primary N) is 1. The van der Waals surface area contributed by atoms with Crippen molar-refractivity contribution < 1.29 is 14.3 Å². The molecule has 0 spiro atoms. The van der Waals surface area contributed by atoms with E-state index < -0.39 is 11.9 Å². The Morgan fingerprint density at radius 2 is 1.72 bits per heavy atom. The van der Waals surface area contributed by atoms with Crippen molar-refractivity contribution >= 4 is 22.6 Å². The highest BCUT2D eigenvalue weighted by atomic mass is 16.5. The number of hydrogen-bond acceptors (Lipinski definition) is 3. The third-order valence-electron chi connectivity index (χ3n) is 4.37. The summed E-state index contributed by atoms with van der Waals surface area (Å²) in [5.74, 6) is -0.844. The second kappa shape index (κ2) is 9.21. The average molecular weight is 341 g/mol. The van der Waals surface area contributed by atoms with E-state index in [9.17, 15) is 9.59 Å². The van der Waals surface area contributed by atoms with E-state index in [1.54, 1.807) is 6.07 Å². The smallest absolute Gasteiger partial charge is 0.308 e. The highest BCUT2D eigenvalue weighted by molar-refractivity contribution is 6.09. The lowest BCUT2D eigenvalue weighted by atomic mass is 9.98. The summed E-state index contributed by atoms with van der Waals surface area (Å²) in [5, 5.41) is 1.66. The van der Waals surface area contributed by atoms with Crippen molar-refractivity contribution in [1.82, 2.24) is 0 Å². The Morgan fingerprint density at radius 1 is 1.00 bits per heavy atom. The molecule has 0 radical (unpaired) electrons. The van der Waals surface area contributed by atoms with Gasteiger partial charge in [0.15, 0.2) is 0 Å². The summed E-state index contributed by atoms with van der Waals surface area (Å²) < 4.78 is 5.12. The molecule has 0 aliphatic rings. The van der Waals surface area contributed by atoms with Gasteiger partial charge in [0, 0.05) is 6.92 Å². The van der Waals surface area contributed by atoms with Gasteiger partial charge in [-0.25, -0.2) is 0 Å². The molecule has 0 fully saturated rings. The Morgan fingerprint density at radius 3 is 2.40 bits per heavy atom. The molecule has 0 heterocycles. The largest absolute Gasteiger partial charge is 0.426 e. The predicted octanol–water partition coefficient (Wildman–Crippen LogP) is 4.77. The van der Waals surface area contributed by atoms with Crippen molar-refractivity contribution in [3.05, 3.63) is 41.5 Å². The maximum atomic E-state index is 11.8. The number of unbranched alkanes of at least 4 members (excludes halogenated alkanes) is 5. The number of amides is 1. The zero-order valence-corrected chi connectivity index (χ0v) is 15.1. The van der Waals surface area contributed by atoms with Crippen molar-refractivity contribution in [3.63, 3.8) is 0 Å². The van der Waals surface area contributed by atoms with E-state index in [1.165, 1.54) is 51.0 Å². The summed E-state index contributed by atoms with van der Waals surface area (Å²) in [6.45, 7) is 3.53. The first-order chi connectivity index (χ1) is 12.0. The van der Waals surface area contributed by atoms with E-state index in [2.05, 4.69) is 13.0 Å². The molecule has 0 bridgehead atoms. The third kappa shape index (κ3) is 5.31. The second-order valence-corrected chi connectivity index (χ2v) is 6.47. The third-order valence-corrected chi connectivity index (χ3v) is 4.37. The zero-order valence-electron chi connectivity index (χ0n) is 15.1. The fourth-order valence-corrected chi connectivity index (χ4v) is 3.12. The molecule has 134 valence electrons. The number of rotatable bonds is 9. The number of benzene rings is 2. The molecule has 4 nitrogen and oxygen atoms in total. The van der Waals surface area contributed by atoms with Gasteiger partial charge in [-0.3, -0.25) is 9.59 Å². The van der Waals surface area contributed by atoms with Crippen LogP contribution in [0, 0.1) is 0 Å². The molecule has 0 aliphatic carbocycles. The normalized spacial score (nSPS) is 10.8. The fraction of sp³-hybridized carbons (Fsp3) is 0.429. The minimum absolute atomic E-state index is 0.219. The molecule has 2 aromatic carbocycles. The van der Waals surface area contributed by atoms with Crippen LogP contribution in [-0.4, -0.2) is 11.9 Å². The van der Waals surface area contributed by atoms with Gasteiger partial charge in [0.05, 0.1) is 5.56 Å². The van der Waals surface area contributed by atoms with Gasteiger partial charge in [-0.15, -0.1) is 0 Å². The Hall–Kier alpha value is -2.36. The van der Waals surface area contributed by atoms with Crippen LogP contribution in [0.1, 0.15) is 68.3 Å². The molecular formula is C21H27NO3. The average Bonchev–Trinajstić information content (AvgIpc) is 2.57. The second-order valence-electron chi connectivity index (χ2n) is 6.47. The van der Waals surface area contributed by atoms with E-state index in [0.717, 1.165) is 17.2 Å². The number of primary amides is 1. The monoisotopic (exact) mass is 341 g/mol. The molecule has 1 amide bonds. The summed E-state index contributed by atoms with van der Waals surface area (Å²) in [7, 11) is 0. The van der Waals surface area contributed by atoms with Crippen LogP contribution in [0.5, 0.6) is 5.75 Å². The molecule has 2 aromatic rings. The Balaban J connectivity index is 2.15. The van der Waals surface area contributed by atoms with E-state index >= 15 is 0 Å². The number of carbonyl (C=O) groups is 2. The first-order valence-electron chi connectivity index (χ1n) is 9.06. The molecule has 0 atom stereocenters. The lowest BCUT2D eigenvalue weighted by Gasteiger charge is -2.11. The van der Waals surface area contributed by atoms with Gasteiger partial charge in [0.1, 0.15) is 5.75 Å². The van der Waals surface area contributed by atoms with Crippen molar-refractivity contribution in [2.24, 2.45) is 5.73 Å². The van der Waals surface area contributed by atoms with Crippen LogP contribution in [0.25, 0.3) is 10.8 Å². The van der Waals surface area contributed by atoms with Gasteiger partial charge < -0.3 is 10.5 Å². The molecule has 0 saturated carbocycles. The molecule has 0 unspecified atom stereocenters. The summed E-state index contributed by atoms with van der Waals surface area (Å²) in [4.78, 5) is 23.0. The molecule has 2 N–H and O–H groups in total. The van der Waals surface area contributed by atoms with Gasteiger partial charge in [-0.2, -0.15) is 0 Å². The number of esters is 1. The molecule has 2 rings (SSSR count). The SMILES string of the molecule is CCCCCCCCc1ccc2c(C(N)=O)c(OC(C)=O)ccc2c1. The molecule has 0 aromatic heterocycles. The maximum Gasteiger partial charge on any atom is 0.308 e. The highest BCUT2D eigenvalue weighted by Crippen LogP contribution is 2.29. The van der Waals surface area contributed by atoms with Crippen molar-refractivity contribution in [1.29, 1.82) is 0 Å².